The molecule has 0 unspecified atom stereocenters. The Morgan fingerprint density at radius 1 is 1.29 bits per heavy atom. The van der Waals surface area contributed by atoms with Gasteiger partial charge in [-0.3, -0.25) is 4.79 Å². The maximum absolute atomic E-state index is 12.5. The first-order valence-electron chi connectivity index (χ1n) is 7.66. The van der Waals surface area contributed by atoms with Crippen molar-refractivity contribution in [1.29, 1.82) is 0 Å². The zero-order valence-electron chi connectivity index (χ0n) is 13.4. The summed E-state index contributed by atoms with van der Waals surface area (Å²) >= 11 is 1.49. The van der Waals surface area contributed by atoms with Gasteiger partial charge in [-0.05, 0) is 17.7 Å². The standard InChI is InChI=1S/C16H22N2O4S2/c1-2-11-23-13-16(19)17-12-14-3-5-15(6-4-14)24(20,21)18-7-9-22-10-8-18/h2-6H,1,7-13H2,(H,17,19). The van der Waals surface area contributed by atoms with Crippen molar-refractivity contribution in [1.82, 2.24) is 9.62 Å². The van der Waals surface area contributed by atoms with Crippen LogP contribution in [0.3, 0.4) is 0 Å². The van der Waals surface area contributed by atoms with E-state index in [9.17, 15) is 13.2 Å². The number of amides is 1. The summed E-state index contributed by atoms with van der Waals surface area (Å²) in [5.41, 5.74) is 0.859. The van der Waals surface area contributed by atoms with E-state index in [4.69, 9.17) is 4.74 Å². The Morgan fingerprint density at radius 2 is 1.96 bits per heavy atom. The van der Waals surface area contributed by atoms with E-state index in [-0.39, 0.29) is 10.8 Å². The van der Waals surface area contributed by atoms with Gasteiger partial charge < -0.3 is 10.1 Å². The monoisotopic (exact) mass is 370 g/mol. The van der Waals surface area contributed by atoms with Crippen molar-refractivity contribution in [3.63, 3.8) is 0 Å². The average Bonchev–Trinajstić information content (AvgIpc) is 2.61. The van der Waals surface area contributed by atoms with Gasteiger partial charge in [0.25, 0.3) is 0 Å². The number of hydrogen-bond acceptors (Lipinski definition) is 5. The number of rotatable bonds is 8. The number of morpholine rings is 1. The normalized spacial score (nSPS) is 15.8. The highest BCUT2D eigenvalue weighted by Gasteiger charge is 2.25. The highest BCUT2D eigenvalue weighted by molar-refractivity contribution is 8.00. The summed E-state index contributed by atoms with van der Waals surface area (Å²) in [4.78, 5) is 11.9. The number of hydrogen-bond donors (Lipinski definition) is 1. The van der Waals surface area contributed by atoms with E-state index in [0.29, 0.717) is 38.6 Å². The zero-order chi connectivity index (χ0) is 17.4. The van der Waals surface area contributed by atoms with Gasteiger partial charge in [-0.25, -0.2) is 8.42 Å². The van der Waals surface area contributed by atoms with Crippen molar-refractivity contribution in [2.75, 3.05) is 37.8 Å². The second-order valence-corrected chi connectivity index (χ2v) is 8.21. The number of nitrogens with one attached hydrogen (secondary N) is 1. The molecule has 0 atom stereocenters. The van der Waals surface area contributed by atoms with E-state index in [1.807, 2.05) is 0 Å². The summed E-state index contributed by atoms with van der Waals surface area (Å²) in [7, 11) is -3.47. The third-order valence-corrected chi connectivity index (χ3v) is 6.34. The lowest BCUT2D eigenvalue weighted by molar-refractivity contribution is -0.118. The molecule has 0 spiro atoms. The Kier molecular flexibility index (Phi) is 7.29. The highest BCUT2D eigenvalue weighted by Crippen LogP contribution is 2.17. The van der Waals surface area contributed by atoms with E-state index in [0.717, 1.165) is 11.3 Å². The topological polar surface area (TPSA) is 75.7 Å². The summed E-state index contributed by atoms with van der Waals surface area (Å²) in [6.45, 7) is 5.58. The summed E-state index contributed by atoms with van der Waals surface area (Å²) in [6, 6.07) is 6.62. The molecule has 132 valence electrons. The van der Waals surface area contributed by atoms with Gasteiger partial charge in [-0.1, -0.05) is 18.2 Å². The van der Waals surface area contributed by atoms with Crippen molar-refractivity contribution in [3.8, 4) is 0 Å². The van der Waals surface area contributed by atoms with Crippen molar-refractivity contribution >= 4 is 27.7 Å². The van der Waals surface area contributed by atoms with Crippen molar-refractivity contribution in [2.24, 2.45) is 0 Å². The van der Waals surface area contributed by atoms with E-state index < -0.39 is 10.0 Å². The Bertz CT molecular complexity index is 653. The van der Waals surface area contributed by atoms with E-state index in [2.05, 4.69) is 11.9 Å². The molecule has 1 amide bonds. The molecule has 1 heterocycles. The zero-order valence-corrected chi connectivity index (χ0v) is 15.1. The number of nitrogens with zero attached hydrogens (tertiary/aromatic N) is 1. The molecule has 1 aliphatic rings. The second kappa shape index (κ2) is 9.22. The molecule has 1 aromatic rings. The number of sulfonamides is 1. The van der Waals surface area contributed by atoms with Crippen LogP contribution in [-0.2, 0) is 26.1 Å². The van der Waals surface area contributed by atoms with Crippen LogP contribution in [0, 0.1) is 0 Å². The Balaban J connectivity index is 1.90. The molecule has 0 aliphatic carbocycles. The minimum atomic E-state index is -3.47. The molecular formula is C16H22N2O4S2. The van der Waals surface area contributed by atoms with Crippen LogP contribution >= 0.6 is 11.8 Å². The van der Waals surface area contributed by atoms with Crippen LogP contribution < -0.4 is 5.32 Å². The fourth-order valence-electron chi connectivity index (χ4n) is 2.20. The molecule has 1 N–H and O–H groups in total. The summed E-state index contributed by atoms with van der Waals surface area (Å²) in [5.74, 6) is 1.07. The third-order valence-electron chi connectivity index (χ3n) is 3.49. The Hall–Kier alpha value is -1.35. The minimum Gasteiger partial charge on any atom is -0.379 e. The second-order valence-electron chi connectivity index (χ2n) is 5.24. The quantitative estimate of drug-likeness (QED) is 0.550. The number of benzene rings is 1. The predicted molar refractivity (Wildman–Crippen MR) is 95.4 cm³/mol. The van der Waals surface area contributed by atoms with Crippen molar-refractivity contribution < 1.29 is 17.9 Å². The van der Waals surface area contributed by atoms with Gasteiger partial charge in [0.1, 0.15) is 0 Å². The van der Waals surface area contributed by atoms with Crippen LogP contribution in [-0.4, -0.2) is 56.4 Å². The summed E-state index contributed by atoms with van der Waals surface area (Å²) < 4.78 is 31.6. The van der Waals surface area contributed by atoms with Crippen molar-refractivity contribution in [2.45, 2.75) is 11.4 Å². The van der Waals surface area contributed by atoms with Crippen LogP contribution in [0.1, 0.15) is 5.56 Å². The molecule has 1 fully saturated rings. The Morgan fingerprint density at radius 3 is 2.58 bits per heavy atom. The van der Waals surface area contributed by atoms with Gasteiger partial charge in [-0.2, -0.15) is 4.31 Å². The maximum atomic E-state index is 12.5. The lowest BCUT2D eigenvalue weighted by Crippen LogP contribution is -2.40. The molecule has 24 heavy (non-hydrogen) atoms. The number of thioether (sulfide) groups is 1. The molecule has 1 aromatic carbocycles. The molecule has 6 nitrogen and oxygen atoms in total. The first-order valence-corrected chi connectivity index (χ1v) is 10.3. The van der Waals surface area contributed by atoms with Crippen molar-refractivity contribution in [3.05, 3.63) is 42.5 Å². The van der Waals surface area contributed by atoms with Crippen LogP contribution in [0.2, 0.25) is 0 Å². The predicted octanol–water partition coefficient (Wildman–Crippen LogP) is 1.24. The molecule has 0 saturated carbocycles. The van der Waals surface area contributed by atoms with Gasteiger partial charge in [-0.15, -0.1) is 18.3 Å². The molecule has 0 aromatic heterocycles. The largest absolute Gasteiger partial charge is 0.379 e. The number of carbonyl (C=O) groups is 1. The van der Waals surface area contributed by atoms with Gasteiger partial charge >= 0.3 is 0 Å². The lowest BCUT2D eigenvalue weighted by Gasteiger charge is -2.26. The highest BCUT2D eigenvalue weighted by atomic mass is 32.2. The Labute approximate surface area is 147 Å². The van der Waals surface area contributed by atoms with Gasteiger partial charge in [0.2, 0.25) is 15.9 Å². The van der Waals surface area contributed by atoms with Gasteiger partial charge in [0.05, 0.1) is 23.9 Å². The molecule has 0 radical (unpaired) electrons. The molecule has 8 heteroatoms. The first-order chi connectivity index (χ1) is 11.5. The lowest BCUT2D eigenvalue weighted by atomic mass is 10.2. The minimum absolute atomic E-state index is 0.0492. The number of carbonyl (C=O) groups excluding carboxylic acids is 1. The summed E-state index contributed by atoms with van der Waals surface area (Å²) in [6.07, 6.45) is 1.76. The van der Waals surface area contributed by atoms with Crippen LogP contribution in [0.25, 0.3) is 0 Å². The number of ether oxygens (including phenoxy) is 1. The van der Waals surface area contributed by atoms with E-state index in [1.165, 1.54) is 16.1 Å². The van der Waals surface area contributed by atoms with Crippen LogP contribution in [0.15, 0.2) is 41.8 Å². The first kappa shape index (κ1) is 19.0. The SMILES string of the molecule is C=CCSCC(=O)NCc1ccc(S(=O)(=O)N2CCOCC2)cc1. The fourth-order valence-corrected chi connectivity index (χ4v) is 4.18. The fraction of sp³-hybridized carbons (Fsp3) is 0.438. The van der Waals surface area contributed by atoms with E-state index in [1.54, 1.807) is 30.3 Å². The van der Waals surface area contributed by atoms with Gasteiger partial charge in [0, 0.05) is 25.4 Å². The maximum Gasteiger partial charge on any atom is 0.243 e. The third kappa shape index (κ3) is 5.34. The van der Waals surface area contributed by atoms with Gasteiger partial charge in [0.15, 0.2) is 0 Å². The summed E-state index contributed by atoms with van der Waals surface area (Å²) in [5, 5.41) is 2.81. The molecule has 1 saturated heterocycles. The van der Waals surface area contributed by atoms with Crippen LogP contribution in [0.5, 0.6) is 0 Å². The molecule has 1 aliphatic heterocycles. The molecule has 0 bridgehead atoms. The molecular weight excluding hydrogens is 348 g/mol. The smallest absolute Gasteiger partial charge is 0.243 e. The van der Waals surface area contributed by atoms with Crippen LogP contribution in [0.4, 0.5) is 0 Å². The molecule has 2 rings (SSSR count). The average molecular weight is 370 g/mol. The van der Waals surface area contributed by atoms with E-state index >= 15 is 0 Å².